The van der Waals surface area contributed by atoms with E-state index in [1.165, 1.54) is 4.90 Å². The molecule has 0 fully saturated rings. The van der Waals surface area contributed by atoms with E-state index in [4.69, 9.17) is 11.6 Å². The smallest absolute Gasteiger partial charge is 0.262 e. The van der Waals surface area contributed by atoms with Gasteiger partial charge in [-0.3, -0.25) is 0 Å². The lowest BCUT2D eigenvalue weighted by molar-refractivity contribution is 0.0282. The van der Waals surface area contributed by atoms with Gasteiger partial charge in [-0.15, -0.1) is 0 Å². The monoisotopic (exact) mass is 263 g/mol. The minimum absolute atomic E-state index is 0.143. The van der Waals surface area contributed by atoms with Gasteiger partial charge in [-0.2, -0.15) is 0 Å². The van der Waals surface area contributed by atoms with Crippen LogP contribution in [0.1, 0.15) is 13.8 Å². The van der Waals surface area contributed by atoms with Crippen molar-refractivity contribution in [1.29, 1.82) is 0 Å². The zero-order valence-corrected chi connectivity index (χ0v) is 10.6. The highest BCUT2D eigenvalue weighted by Gasteiger charge is 2.26. The maximum atomic E-state index is 13.1. The number of hydrogen-bond donors (Lipinski definition) is 1. The molecule has 0 amide bonds. The Bertz CT molecular complexity index is 366. The fraction of sp³-hybridized carbons (Fsp3) is 0.500. The molecule has 0 aliphatic rings. The van der Waals surface area contributed by atoms with E-state index in [0.717, 1.165) is 6.92 Å². The number of anilines is 1. The van der Waals surface area contributed by atoms with Crippen molar-refractivity contribution in [3.63, 3.8) is 0 Å². The normalized spacial score (nSPS) is 13.5. The Hall–Kier alpha value is -0.870. The van der Waals surface area contributed by atoms with Crippen LogP contribution in [0.4, 0.5) is 14.5 Å². The predicted molar refractivity (Wildman–Crippen MR) is 66.0 cm³/mol. The number of nitrogens with zero attached hydrogens (tertiary/aromatic N) is 1. The Balaban J connectivity index is 2.89. The average Bonchev–Trinajstić information content (AvgIpc) is 2.13. The number of aliphatic hydroxyl groups is 1. The van der Waals surface area contributed by atoms with Crippen molar-refractivity contribution in [3.8, 4) is 0 Å². The first-order valence-corrected chi connectivity index (χ1v) is 5.72. The zero-order chi connectivity index (χ0) is 13.1. The standard InChI is InChI=1S/C12H16ClF2NO/c1-9(17)7-16(8-12(2,14)15)11-5-3-4-10(13)6-11/h3-6,9,17H,7-8H2,1-2H3. The molecule has 0 spiro atoms. The molecule has 1 aromatic carbocycles. The fourth-order valence-corrected chi connectivity index (χ4v) is 1.77. The largest absolute Gasteiger partial charge is 0.392 e. The number of rotatable bonds is 5. The second kappa shape index (κ2) is 5.65. The van der Waals surface area contributed by atoms with E-state index in [9.17, 15) is 13.9 Å². The summed E-state index contributed by atoms with van der Waals surface area (Å²) in [6.45, 7) is 2.11. The van der Waals surface area contributed by atoms with E-state index in [2.05, 4.69) is 0 Å². The van der Waals surface area contributed by atoms with Crippen molar-refractivity contribution in [2.24, 2.45) is 0 Å². The van der Waals surface area contributed by atoms with Crippen LogP contribution in [0.3, 0.4) is 0 Å². The molecule has 0 aromatic heterocycles. The molecule has 1 unspecified atom stereocenters. The molecule has 0 aliphatic heterocycles. The number of hydrogen-bond acceptors (Lipinski definition) is 2. The third-order valence-corrected chi connectivity index (χ3v) is 2.36. The summed E-state index contributed by atoms with van der Waals surface area (Å²) in [5.41, 5.74) is 0.583. The van der Waals surface area contributed by atoms with Crippen molar-refractivity contribution in [2.45, 2.75) is 25.9 Å². The first-order chi connectivity index (χ1) is 7.78. The van der Waals surface area contributed by atoms with Gasteiger partial charge in [0.25, 0.3) is 5.92 Å². The number of alkyl halides is 2. The summed E-state index contributed by atoms with van der Waals surface area (Å²) < 4.78 is 26.1. The van der Waals surface area contributed by atoms with Gasteiger partial charge >= 0.3 is 0 Å². The topological polar surface area (TPSA) is 23.5 Å². The highest BCUT2D eigenvalue weighted by molar-refractivity contribution is 6.30. The summed E-state index contributed by atoms with van der Waals surface area (Å²) in [7, 11) is 0. The Kier molecular flexibility index (Phi) is 4.71. The molecule has 2 nitrogen and oxygen atoms in total. The molecule has 96 valence electrons. The van der Waals surface area contributed by atoms with Crippen molar-refractivity contribution >= 4 is 17.3 Å². The summed E-state index contributed by atoms with van der Waals surface area (Å²) in [4.78, 5) is 1.43. The van der Waals surface area contributed by atoms with E-state index < -0.39 is 18.6 Å². The Morgan fingerprint density at radius 2 is 2.12 bits per heavy atom. The second-order valence-corrected chi connectivity index (χ2v) is 4.72. The SMILES string of the molecule is CC(O)CN(CC(C)(F)F)c1cccc(Cl)c1. The molecule has 0 radical (unpaired) electrons. The van der Waals surface area contributed by atoms with Crippen molar-refractivity contribution < 1.29 is 13.9 Å². The molecule has 0 bridgehead atoms. The van der Waals surface area contributed by atoms with Gasteiger partial charge in [-0.25, -0.2) is 8.78 Å². The number of benzene rings is 1. The Morgan fingerprint density at radius 1 is 1.47 bits per heavy atom. The molecular formula is C12H16ClF2NO. The van der Waals surface area contributed by atoms with Gasteiger partial charge in [0.1, 0.15) is 0 Å². The van der Waals surface area contributed by atoms with Gasteiger partial charge in [0, 0.05) is 24.2 Å². The second-order valence-electron chi connectivity index (χ2n) is 4.28. The number of aliphatic hydroxyl groups excluding tert-OH is 1. The first-order valence-electron chi connectivity index (χ1n) is 5.34. The highest BCUT2D eigenvalue weighted by atomic mass is 35.5. The molecule has 1 atom stereocenters. The summed E-state index contributed by atoms with van der Waals surface area (Å²) in [5.74, 6) is -2.82. The van der Waals surface area contributed by atoms with Crippen LogP contribution in [0.25, 0.3) is 0 Å². The molecule has 1 N–H and O–H groups in total. The molecule has 17 heavy (non-hydrogen) atoms. The minimum atomic E-state index is -2.82. The Morgan fingerprint density at radius 3 is 2.59 bits per heavy atom. The first kappa shape index (κ1) is 14.2. The molecular weight excluding hydrogens is 248 g/mol. The van der Waals surface area contributed by atoms with Crippen LogP contribution in [0.15, 0.2) is 24.3 Å². The zero-order valence-electron chi connectivity index (χ0n) is 9.83. The van der Waals surface area contributed by atoms with Gasteiger partial charge in [-0.1, -0.05) is 17.7 Å². The van der Waals surface area contributed by atoms with Crippen molar-refractivity contribution in [3.05, 3.63) is 29.3 Å². The third kappa shape index (κ3) is 5.33. The predicted octanol–water partition coefficient (Wildman–Crippen LogP) is 3.18. The van der Waals surface area contributed by atoms with Crippen LogP contribution in [0.5, 0.6) is 0 Å². The van der Waals surface area contributed by atoms with Crippen molar-refractivity contribution in [2.75, 3.05) is 18.0 Å². The lowest BCUT2D eigenvalue weighted by atomic mass is 10.2. The molecule has 1 aromatic rings. The van der Waals surface area contributed by atoms with E-state index in [-0.39, 0.29) is 6.54 Å². The van der Waals surface area contributed by atoms with Gasteiger partial charge in [0.2, 0.25) is 0 Å². The minimum Gasteiger partial charge on any atom is -0.392 e. The maximum Gasteiger partial charge on any atom is 0.262 e. The van der Waals surface area contributed by atoms with Crippen LogP contribution < -0.4 is 4.90 Å². The van der Waals surface area contributed by atoms with E-state index in [1.807, 2.05) is 0 Å². The lowest BCUT2D eigenvalue weighted by Crippen LogP contribution is -2.39. The van der Waals surface area contributed by atoms with Gasteiger partial charge in [0.05, 0.1) is 12.6 Å². The fourth-order valence-electron chi connectivity index (χ4n) is 1.59. The maximum absolute atomic E-state index is 13.1. The molecule has 0 aliphatic carbocycles. The van der Waals surface area contributed by atoms with Crippen molar-refractivity contribution in [1.82, 2.24) is 0 Å². The van der Waals surface area contributed by atoms with Gasteiger partial charge in [-0.05, 0) is 25.1 Å². The quantitative estimate of drug-likeness (QED) is 0.882. The summed E-state index contributed by atoms with van der Waals surface area (Å²) in [6, 6.07) is 6.67. The number of halogens is 3. The summed E-state index contributed by atoms with van der Waals surface area (Å²) in [5, 5.41) is 9.81. The molecule has 0 saturated heterocycles. The van der Waals surface area contributed by atoms with Gasteiger partial charge < -0.3 is 10.0 Å². The summed E-state index contributed by atoms with van der Waals surface area (Å²) in [6.07, 6.45) is -0.684. The van der Waals surface area contributed by atoms with E-state index in [0.29, 0.717) is 10.7 Å². The van der Waals surface area contributed by atoms with Crippen LogP contribution in [-0.4, -0.2) is 30.2 Å². The van der Waals surface area contributed by atoms with E-state index in [1.54, 1.807) is 31.2 Å². The third-order valence-electron chi connectivity index (χ3n) is 2.13. The van der Waals surface area contributed by atoms with Gasteiger partial charge in [0.15, 0.2) is 0 Å². The lowest BCUT2D eigenvalue weighted by Gasteiger charge is -2.28. The van der Waals surface area contributed by atoms with Crippen LogP contribution in [0, 0.1) is 0 Å². The molecule has 0 heterocycles. The Labute approximate surface area is 105 Å². The van der Waals surface area contributed by atoms with Crippen LogP contribution in [0.2, 0.25) is 5.02 Å². The average molecular weight is 264 g/mol. The highest BCUT2D eigenvalue weighted by Crippen LogP contribution is 2.23. The molecule has 1 rings (SSSR count). The molecule has 0 saturated carbocycles. The van der Waals surface area contributed by atoms with Crippen LogP contribution in [-0.2, 0) is 0 Å². The summed E-state index contributed by atoms with van der Waals surface area (Å²) >= 11 is 5.82. The van der Waals surface area contributed by atoms with Crippen LogP contribution >= 0.6 is 11.6 Å². The van der Waals surface area contributed by atoms with E-state index >= 15 is 0 Å². The molecule has 5 heteroatoms.